The smallest absolute Gasteiger partial charge is 0.272 e. The molecule has 1 aromatic heterocycles. The molecule has 7 nitrogen and oxygen atoms in total. The van der Waals surface area contributed by atoms with E-state index in [1.165, 1.54) is 0 Å². The Morgan fingerprint density at radius 1 is 1.07 bits per heavy atom. The van der Waals surface area contributed by atoms with E-state index in [-0.39, 0.29) is 23.8 Å². The molecule has 140 valence electrons. The molecule has 2 saturated heterocycles. The van der Waals surface area contributed by atoms with E-state index >= 15 is 0 Å². The van der Waals surface area contributed by atoms with Crippen LogP contribution in [0.3, 0.4) is 0 Å². The van der Waals surface area contributed by atoms with Gasteiger partial charge in [0.15, 0.2) is 11.8 Å². The van der Waals surface area contributed by atoms with Gasteiger partial charge in [-0.1, -0.05) is 5.16 Å². The van der Waals surface area contributed by atoms with Crippen LogP contribution in [0.4, 0.5) is 0 Å². The first-order valence-corrected chi connectivity index (χ1v) is 9.49. The fraction of sp³-hybridized carbons (Fsp3) is 0.450. The van der Waals surface area contributed by atoms with Crippen LogP contribution in [0.2, 0.25) is 0 Å². The first-order valence-electron chi connectivity index (χ1n) is 9.49. The molecule has 2 atom stereocenters. The van der Waals surface area contributed by atoms with E-state index in [0.29, 0.717) is 24.4 Å². The molecule has 0 aliphatic carbocycles. The third-order valence-corrected chi connectivity index (χ3v) is 5.94. The van der Waals surface area contributed by atoms with E-state index in [0.717, 1.165) is 36.8 Å². The molecule has 3 aliphatic rings. The number of benzene rings is 1. The lowest BCUT2D eigenvalue weighted by Gasteiger charge is -2.18. The maximum absolute atomic E-state index is 13.0. The molecule has 0 radical (unpaired) electrons. The molecule has 3 aliphatic heterocycles. The predicted molar refractivity (Wildman–Crippen MR) is 100 cm³/mol. The predicted octanol–water partition coefficient (Wildman–Crippen LogP) is 1.63. The van der Waals surface area contributed by atoms with Gasteiger partial charge in [0.05, 0.1) is 12.5 Å². The number of likely N-dealkylation sites (tertiary alicyclic amines) is 2. The zero-order chi connectivity index (χ0) is 18.5. The molecule has 2 fully saturated rings. The van der Waals surface area contributed by atoms with Crippen molar-refractivity contribution in [1.29, 1.82) is 0 Å². The van der Waals surface area contributed by atoms with E-state index in [9.17, 15) is 9.59 Å². The largest absolute Gasteiger partial charge is 0.389 e. The van der Waals surface area contributed by atoms with Crippen LogP contribution in [0.25, 0.3) is 10.9 Å². The molecule has 0 bridgehead atoms. The minimum atomic E-state index is -0.212. The molecule has 5 rings (SSSR count). The molecule has 7 heteroatoms. The number of hydrogen-bond acceptors (Lipinski definition) is 4. The van der Waals surface area contributed by atoms with Gasteiger partial charge in [0, 0.05) is 49.3 Å². The van der Waals surface area contributed by atoms with Gasteiger partial charge in [-0.3, -0.25) is 9.59 Å². The summed E-state index contributed by atoms with van der Waals surface area (Å²) in [6.45, 7) is 2.52. The van der Waals surface area contributed by atoms with Crippen LogP contribution >= 0.6 is 0 Å². The molecular weight excluding hydrogens is 344 g/mol. The van der Waals surface area contributed by atoms with Gasteiger partial charge in [0.25, 0.3) is 11.8 Å². The van der Waals surface area contributed by atoms with Crippen LogP contribution < -0.4 is 0 Å². The van der Waals surface area contributed by atoms with E-state index in [1.54, 1.807) is 4.90 Å². The third kappa shape index (κ3) is 2.60. The first kappa shape index (κ1) is 16.4. The lowest BCUT2D eigenvalue weighted by Crippen LogP contribution is -2.39. The van der Waals surface area contributed by atoms with Crippen molar-refractivity contribution < 1.29 is 14.4 Å². The number of aryl methyl sites for hydroxylation is 1. The van der Waals surface area contributed by atoms with Crippen molar-refractivity contribution in [2.24, 2.45) is 18.1 Å². The van der Waals surface area contributed by atoms with Crippen molar-refractivity contribution in [3.8, 4) is 0 Å². The maximum Gasteiger partial charge on any atom is 0.272 e. The summed E-state index contributed by atoms with van der Waals surface area (Å²) in [6.07, 6.45) is 3.86. The van der Waals surface area contributed by atoms with Crippen molar-refractivity contribution in [3.63, 3.8) is 0 Å². The molecule has 0 unspecified atom stereocenters. The second-order valence-electron chi connectivity index (χ2n) is 7.64. The van der Waals surface area contributed by atoms with Crippen LogP contribution in [0.15, 0.2) is 35.6 Å². The topological polar surface area (TPSA) is 67.1 Å². The van der Waals surface area contributed by atoms with E-state index in [2.05, 4.69) is 5.16 Å². The van der Waals surface area contributed by atoms with Crippen LogP contribution in [0.1, 0.15) is 23.2 Å². The Hall–Kier alpha value is -2.83. The summed E-state index contributed by atoms with van der Waals surface area (Å²) < 4.78 is 2.03. The Morgan fingerprint density at radius 2 is 1.89 bits per heavy atom. The Kier molecular flexibility index (Phi) is 3.70. The summed E-state index contributed by atoms with van der Waals surface area (Å²) in [5.74, 6) is -0.172. The van der Waals surface area contributed by atoms with Crippen molar-refractivity contribution in [1.82, 2.24) is 14.4 Å². The van der Waals surface area contributed by atoms with Crippen LogP contribution in [-0.4, -0.2) is 64.2 Å². The molecule has 4 heterocycles. The number of amides is 2. The number of oxime groups is 1. The number of carbonyl (C=O) groups excluding carboxylic acids is 2. The minimum absolute atomic E-state index is 0.0216. The molecular formula is C20H22N4O3. The fourth-order valence-corrected chi connectivity index (χ4v) is 4.38. The van der Waals surface area contributed by atoms with Crippen molar-refractivity contribution in [2.75, 3.05) is 26.2 Å². The maximum atomic E-state index is 13.0. The number of hydrogen-bond donors (Lipinski definition) is 0. The third-order valence-electron chi connectivity index (χ3n) is 5.94. The lowest BCUT2D eigenvalue weighted by atomic mass is 10.00. The summed E-state index contributed by atoms with van der Waals surface area (Å²) in [4.78, 5) is 34.8. The van der Waals surface area contributed by atoms with Crippen molar-refractivity contribution >= 4 is 28.4 Å². The second-order valence-corrected chi connectivity index (χ2v) is 7.64. The Balaban J connectivity index is 1.33. The molecule has 2 amide bonds. The van der Waals surface area contributed by atoms with Crippen molar-refractivity contribution in [2.45, 2.75) is 18.9 Å². The highest BCUT2D eigenvalue weighted by Crippen LogP contribution is 2.30. The summed E-state index contributed by atoms with van der Waals surface area (Å²) in [5, 5.41) is 5.11. The van der Waals surface area contributed by atoms with Crippen LogP contribution in [0.5, 0.6) is 0 Å². The number of nitrogens with zero attached hydrogens (tertiary/aromatic N) is 4. The zero-order valence-electron chi connectivity index (χ0n) is 15.3. The normalized spacial score (nSPS) is 24.3. The monoisotopic (exact) mass is 366 g/mol. The number of fused-ring (bicyclic) bond motifs is 2. The summed E-state index contributed by atoms with van der Waals surface area (Å²) >= 11 is 0. The summed E-state index contributed by atoms with van der Waals surface area (Å²) in [7, 11) is 1.99. The van der Waals surface area contributed by atoms with Crippen LogP contribution in [-0.2, 0) is 16.7 Å². The molecule has 0 N–H and O–H groups in total. The van der Waals surface area contributed by atoms with E-state index in [4.69, 9.17) is 4.84 Å². The van der Waals surface area contributed by atoms with Gasteiger partial charge in [0.1, 0.15) is 0 Å². The minimum Gasteiger partial charge on any atom is -0.389 e. The van der Waals surface area contributed by atoms with E-state index < -0.39 is 0 Å². The van der Waals surface area contributed by atoms with E-state index in [1.807, 2.05) is 47.0 Å². The Labute approximate surface area is 157 Å². The van der Waals surface area contributed by atoms with Gasteiger partial charge in [-0.2, -0.15) is 0 Å². The first-order chi connectivity index (χ1) is 13.1. The fourth-order valence-electron chi connectivity index (χ4n) is 4.38. The van der Waals surface area contributed by atoms with Gasteiger partial charge < -0.3 is 19.2 Å². The SMILES string of the molecule is Cn1ccc2cc(C(=O)N3C[C@@H]4C(C(=O)N5CCCC5)=NO[C@@H]4C3)ccc21. The summed E-state index contributed by atoms with van der Waals surface area (Å²) in [5.41, 5.74) is 2.24. The van der Waals surface area contributed by atoms with Crippen molar-refractivity contribution in [3.05, 3.63) is 36.0 Å². The standard InChI is InChI=1S/C20H22N4O3/c1-22-9-6-13-10-14(4-5-16(13)22)19(25)24-11-15-17(12-24)27-21-18(15)20(26)23-7-2-3-8-23/h4-6,9-10,15,17H,2-3,7-8,11-12H2,1H3/t15-,17+/m0/s1. The zero-order valence-corrected chi connectivity index (χ0v) is 15.3. The van der Waals surface area contributed by atoms with Gasteiger partial charge >= 0.3 is 0 Å². The highest BCUT2D eigenvalue weighted by molar-refractivity contribution is 6.40. The molecule has 1 aromatic carbocycles. The number of aromatic nitrogens is 1. The van der Waals surface area contributed by atoms with Crippen LogP contribution in [0, 0.1) is 5.92 Å². The number of rotatable bonds is 2. The average Bonchev–Trinajstić information content (AvgIpc) is 3.44. The van der Waals surface area contributed by atoms with Gasteiger partial charge in [0.2, 0.25) is 0 Å². The molecule has 0 saturated carbocycles. The Bertz CT molecular complexity index is 957. The Morgan fingerprint density at radius 3 is 2.70 bits per heavy atom. The average molecular weight is 366 g/mol. The summed E-state index contributed by atoms with van der Waals surface area (Å²) in [6, 6.07) is 7.77. The highest BCUT2D eigenvalue weighted by atomic mass is 16.6. The molecule has 0 spiro atoms. The molecule has 27 heavy (non-hydrogen) atoms. The highest BCUT2D eigenvalue weighted by Gasteiger charge is 2.47. The van der Waals surface area contributed by atoms with Gasteiger partial charge in [-0.15, -0.1) is 0 Å². The lowest BCUT2D eigenvalue weighted by molar-refractivity contribution is -0.123. The quantitative estimate of drug-likeness (QED) is 0.811. The molecule has 2 aromatic rings. The number of carbonyl (C=O) groups is 2. The van der Waals surface area contributed by atoms with Gasteiger partial charge in [-0.25, -0.2) is 0 Å². The van der Waals surface area contributed by atoms with Gasteiger partial charge in [-0.05, 0) is 37.1 Å². The second kappa shape index (κ2) is 6.11.